The van der Waals surface area contributed by atoms with Gasteiger partial charge in [0.25, 0.3) is 0 Å². The van der Waals surface area contributed by atoms with Crippen LogP contribution in [0.15, 0.2) is 0 Å². The second-order valence-corrected chi connectivity index (χ2v) is 4.75. The molecule has 2 N–H and O–H groups in total. The van der Waals surface area contributed by atoms with Crippen LogP contribution in [0, 0.1) is 5.92 Å². The van der Waals surface area contributed by atoms with Crippen molar-refractivity contribution in [2.45, 2.75) is 51.1 Å². The van der Waals surface area contributed by atoms with E-state index in [4.69, 9.17) is 9.84 Å². The van der Waals surface area contributed by atoms with E-state index in [1.807, 2.05) is 0 Å². The summed E-state index contributed by atoms with van der Waals surface area (Å²) in [5, 5.41) is 12.7. The van der Waals surface area contributed by atoms with Crippen LogP contribution in [-0.4, -0.2) is 37.5 Å². The first-order valence-corrected chi connectivity index (χ1v) is 6.12. The van der Waals surface area contributed by atoms with E-state index in [1.165, 1.54) is 25.7 Å². The lowest BCUT2D eigenvalue weighted by Gasteiger charge is -2.30. The van der Waals surface area contributed by atoms with E-state index in [2.05, 4.69) is 12.2 Å². The Balaban J connectivity index is 2.12. The highest BCUT2D eigenvalue weighted by molar-refractivity contribution is 4.78. The van der Waals surface area contributed by atoms with Crippen LogP contribution in [0.3, 0.4) is 0 Å². The van der Waals surface area contributed by atoms with Crippen LogP contribution in [-0.2, 0) is 4.74 Å². The molecule has 0 aromatic rings. The molecule has 0 bridgehead atoms. The molecule has 3 nitrogen and oxygen atoms in total. The summed E-state index contributed by atoms with van der Waals surface area (Å²) in [7, 11) is 1.75. The van der Waals surface area contributed by atoms with E-state index in [9.17, 15) is 0 Å². The molecule has 15 heavy (non-hydrogen) atoms. The lowest BCUT2D eigenvalue weighted by atomic mass is 9.86. The highest BCUT2D eigenvalue weighted by Crippen LogP contribution is 2.24. The summed E-state index contributed by atoms with van der Waals surface area (Å²) < 4.78 is 5.06. The second-order valence-electron chi connectivity index (χ2n) is 4.75. The molecule has 0 aliphatic heterocycles. The lowest BCUT2D eigenvalue weighted by Crippen LogP contribution is -2.39. The number of hydrogen-bond donors (Lipinski definition) is 2. The molecule has 1 fully saturated rings. The Kier molecular flexibility index (Phi) is 6.22. The number of methoxy groups -OCH3 is 1. The Labute approximate surface area is 93.2 Å². The number of ether oxygens (including phenoxy) is 1. The van der Waals surface area contributed by atoms with Crippen molar-refractivity contribution in [2.75, 3.05) is 20.3 Å². The van der Waals surface area contributed by atoms with Gasteiger partial charge in [-0.2, -0.15) is 0 Å². The smallest absolute Gasteiger partial charge is 0.0476 e. The zero-order chi connectivity index (χ0) is 11.1. The number of rotatable bonds is 6. The van der Waals surface area contributed by atoms with Gasteiger partial charge in [0.05, 0.1) is 0 Å². The first-order valence-electron chi connectivity index (χ1n) is 6.12. The Morgan fingerprint density at radius 2 is 2.00 bits per heavy atom. The van der Waals surface area contributed by atoms with E-state index in [0.717, 1.165) is 13.0 Å². The minimum atomic E-state index is 0.367. The average molecular weight is 215 g/mol. The van der Waals surface area contributed by atoms with Crippen molar-refractivity contribution in [3.63, 3.8) is 0 Å². The molecule has 1 saturated carbocycles. The van der Waals surface area contributed by atoms with Crippen molar-refractivity contribution in [3.8, 4) is 0 Å². The molecule has 1 aliphatic carbocycles. The van der Waals surface area contributed by atoms with Crippen LogP contribution in [0.25, 0.3) is 0 Å². The maximum atomic E-state index is 9.04. The van der Waals surface area contributed by atoms with Crippen LogP contribution in [0.4, 0.5) is 0 Å². The van der Waals surface area contributed by atoms with Gasteiger partial charge in [-0.05, 0) is 44.9 Å². The third-order valence-corrected chi connectivity index (χ3v) is 3.38. The fourth-order valence-corrected chi connectivity index (χ4v) is 2.29. The largest absolute Gasteiger partial charge is 0.396 e. The van der Waals surface area contributed by atoms with Gasteiger partial charge >= 0.3 is 0 Å². The molecule has 1 unspecified atom stereocenters. The van der Waals surface area contributed by atoms with Crippen molar-refractivity contribution in [1.82, 2.24) is 5.32 Å². The average Bonchev–Trinajstić information content (AvgIpc) is 2.27. The van der Waals surface area contributed by atoms with Crippen LogP contribution >= 0.6 is 0 Å². The summed E-state index contributed by atoms with van der Waals surface area (Å²) in [5.74, 6) is 0.553. The van der Waals surface area contributed by atoms with Crippen LogP contribution in [0.1, 0.15) is 39.0 Å². The zero-order valence-electron chi connectivity index (χ0n) is 10.0. The minimum absolute atomic E-state index is 0.367. The van der Waals surface area contributed by atoms with Crippen molar-refractivity contribution in [3.05, 3.63) is 0 Å². The van der Waals surface area contributed by atoms with Gasteiger partial charge in [-0.25, -0.2) is 0 Å². The fourth-order valence-electron chi connectivity index (χ4n) is 2.29. The maximum Gasteiger partial charge on any atom is 0.0476 e. The molecule has 1 atom stereocenters. The number of hydrogen-bond acceptors (Lipinski definition) is 3. The quantitative estimate of drug-likeness (QED) is 0.706. The molecule has 0 saturated heterocycles. The zero-order valence-corrected chi connectivity index (χ0v) is 10.0. The SMILES string of the molecule is COCCC(C)NC1CCC(CO)CC1. The van der Waals surface area contributed by atoms with Crippen molar-refractivity contribution < 1.29 is 9.84 Å². The van der Waals surface area contributed by atoms with E-state index in [0.29, 0.717) is 24.6 Å². The van der Waals surface area contributed by atoms with Crippen LogP contribution < -0.4 is 5.32 Å². The molecule has 0 aromatic heterocycles. The first kappa shape index (κ1) is 12.9. The molecule has 1 rings (SSSR count). The molecule has 0 aromatic carbocycles. The fraction of sp³-hybridized carbons (Fsp3) is 1.00. The highest BCUT2D eigenvalue weighted by atomic mass is 16.5. The first-order chi connectivity index (χ1) is 7.26. The monoisotopic (exact) mass is 215 g/mol. The van der Waals surface area contributed by atoms with E-state index < -0.39 is 0 Å². The number of nitrogens with one attached hydrogen (secondary N) is 1. The molecule has 90 valence electrons. The normalized spacial score (nSPS) is 29.0. The summed E-state index contributed by atoms with van der Waals surface area (Å²) in [6.07, 6.45) is 5.85. The van der Waals surface area contributed by atoms with E-state index >= 15 is 0 Å². The standard InChI is InChI=1S/C12H25NO2/c1-10(7-8-15-2)13-12-5-3-11(9-14)4-6-12/h10-14H,3-9H2,1-2H3. The maximum absolute atomic E-state index is 9.04. The lowest BCUT2D eigenvalue weighted by molar-refractivity contribution is 0.161. The molecular weight excluding hydrogens is 190 g/mol. The number of aliphatic hydroxyl groups excluding tert-OH is 1. The Morgan fingerprint density at radius 3 is 2.53 bits per heavy atom. The molecular formula is C12H25NO2. The van der Waals surface area contributed by atoms with Gasteiger partial charge in [-0.1, -0.05) is 0 Å². The van der Waals surface area contributed by atoms with Crippen LogP contribution in [0.5, 0.6) is 0 Å². The topological polar surface area (TPSA) is 41.5 Å². The predicted molar refractivity (Wildman–Crippen MR) is 61.9 cm³/mol. The molecule has 0 heterocycles. The van der Waals surface area contributed by atoms with Gasteiger partial charge < -0.3 is 15.2 Å². The van der Waals surface area contributed by atoms with Gasteiger partial charge in [0.15, 0.2) is 0 Å². The summed E-state index contributed by atoms with van der Waals surface area (Å²) in [6.45, 7) is 3.42. The van der Waals surface area contributed by atoms with Gasteiger partial charge in [0.2, 0.25) is 0 Å². The summed E-state index contributed by atoms with van der Waals surface area (Å²) >= 11 is 0. The summed E-state index contributed by atoms with van der Waals surface area (Å²) in [6, 6.07) is 1.19. The summed E-state index contributed by atoms with van der Waals surface area (Å²) in [5.41, 5.74) is 0. The summed E-state index contributed by atoms with van der Waals surface area (Å²) in [4.78, 5) is 0. The molecule has 1 aliphatic rings. The van der Waals surface area contributed by atoms with Gasteiger partial charge in [-0.3, -0.25) is 0 Å². The Hall–Kier alpha value is -0.120. The van der Waals surface area contributed by atoms with Gasteiger partial charge in [0.1, 0.15) is 0 Å². The van der Waals surface area contributed by atoms with Crippen molar-refractivity contribution >= 4 is 0 Å². The van der Waals surface area contributed by atoms with Gasteiger partial charge in [0, 0.05) is 32.4 Å². The van der Waals surface area contributed by atoms with E-state index in [1.54, 1.807) is 7.11 Å². The third kappa shape index (κ3) is 4.96. The molecule has 0 spiro atoms. The van der Waals surface area contributed by atoms with Crippen molar-refractivity contribution in [1.29, 1.82) is 0 Å². The molecule has 0 amide bonds. The minimum Gasteiger partial charge on any atom is -0.396 e. The molecule has 0 radical (unpaired) electrons. The molecule has 3 heteroatoms. The second kappa shape index (κ2) is 7.20. The predicted octanol–water partition coefficient (Wildman–Crippen LogP) is 1.55. The Morgan fingerprint density at radius 1 is 1.33 bits per heavy atom. The van der Waals surface area contributed by atoms with Gasteiger partial charge in [-0.15, -0.1) is 0 Å². The van der Waals surface area contributed by atoms with Crippen LogP contribution in [0.2, 0.25) is 0 Å². The highest BCUT2D eigenvalue weighted by Gasteiger charge is 2.21. The third-order valence-electron chi connectivity index (χ3n) is 3.38. The number of aliphatic hydroxyl groups is 1. The Bertz CT molecular complexity index is 156. The van der Waals surface area contributed by atoms with E-state index in [-0.39, 0.29) is 0 Å². The van der Waals surface area contributed by atoms with Crippen molar-refractivity contribution in [2.24, 2.45) is 5.92 Å².